The Morgan fingerprint density at radius 3 is 1.59 bits per heavy atom. The molecule has 34 heavy (non-hydrogen) atoms. The van der Waals surface area contributed by atoms with Gasteiger partial charge in [-0.2, -0.15) is 0 Å². The number of nitro groups is 1. The van der Waals surface area contributed by atoms with Crippen molar-refractivity contribution < 1.29 is 15.8 Å². The minimum Gasteiger partial charge on any atom is -0.495 e. The third-order valence-corrected chi connectivity index (χ3v) is 4.81. The molecule has 0 fully saturated rings. The SMILES string of the molecule is COc1ccccc1Nc1ccccc1N.COc1ccccc1Nc1ccccc1[N+](=O)[O-].[HH]. The molecule has 0 atom stereocenters. The maximum atomic E-state index is 10.9. The van der Waals surface area contributed by atoms with E-state index in [1.54, 1.807) is 44.6 Å². The van der Waals surface area contributed by atoms with E-state index in [0.29, 0.717) is 22.8 Å². The van der Waals surface area contributed by atoms with Crippen molar-refractivity contribution in [1.29, 1.82) is 0 Å². The zero-order valence-corrected chi connectivity index (χ0v) is 18.9. The number of nitrogens with two attached hydrogens (primary N) is 1. The van der Waals surface area contributed by atoms with Crippen LogP contribution in [0.5, 0.6) is 11.5 Å². The molecule has 0 spiro atoms. The van der Waals surface area contributed by atoms with E-state index < -0.39 is 4.92 Å². The number of nitro benzene ring substituents is 1. The van der Waals surface area contributed by atoms with E-state index in [4.69, 9.17) is 15.2 Å². The Bertz CT molecular complexity index is 1250. The number of nitrogens with one attached hydrogen (secondary N) is 2. The van der Waals surface area contributed by atoms with E-state index in [2.05, 4.69) is 10.6 Å². The normalized spacial score (nSPS) is 9.82. The molecule has 0 aromatic heterocycles. The number of nitrogen functional groups attached to an aromatic ring is 1. The minimum absolute atomic E-state index is 0. The Morgan fingerprint density at radius 1 is 0.676 bits per heavy atom. The van der Waals surface area contributed by atoms with Crippen LogP contribution in [-0.4, -0.2) is 19.1 Å². The van der Waals surface area contributed by atoms with E-state index in [-0.39, 0.29) is 7.11 Å². The lowest BCUT2D eigenvalue weighted by Crippen LogP contribution is -1.98. The van der Waals surface area contributed by atoms with Gasteiger partial charge in [0.1, 0.15) is 17.2 Å². The number of anilines is 5. The van der Waals surface area contributed by atoms with E-state index >= 15 is 0 Å². The minimum atomic E-state index is -0.419. The summed E-state index contributed by atoms with van der Waals surface area (Å²) in [7, 11) is 3.20. The zero-order chi connectivity index (χ0) is 24.3. The van der Waals surface area contributed by atoms with Crippen LogP contribution in [0.3, 0.4) is 0 Å². The average molecular weight is 461 g/mol. The number of nitrogens with zero attached hydrogens (tertiary/aromatic N) is 1. The van der Waals surface area contributed by atoms with Gasteiger partial charge < -0.3 is 25.8 Å². The van der Waals surface area contributed by atoms with Crippen LogP contribution >= 0.6 is 0 Å². The number of para-hydroxylation sites is 8. The van der Waals surface area contributed by atoms with Crippen molar-refractivity contribution in [2.75, 3.05) is 30.6 Å². The van der Waals surface area contributed by atoms with Crippen molar-refractivity contribution in [3.05, 3.63) is 107 Å². The molecule has 8 heteroatoms. The molecule has 0 saturated heterocycles. The van der Waals surface area contributed by atoms with Crippen molar-refractivity contribution in [2.45, 2.75) is 0 Å². The summed E-state index contributed by atoms with van der Waals surface area (Å²) in [5.74, 6) is 1.43. The van der Waals surface area contributed by atoms with Gasteiger partial charge in [-0.3, -0.25) is 10.1 Å². The Balaban J connectivity index is 0.000000241. The molecule has 4 rings (SSSR count). The molecule has 0 bridgehead atoms. The number of benzene rings is 4. The summed E-state index contributed by atoms with van der Waals surface area (Å²) < 4.78 is 10.4. The van der Waals surface area contributed by atoms with Gasteiger partial charge in [-0.15, -0.1) is 0 Å². The first-order valence-electron chi connectivity index (χ1n) is 10.4. The molecule has 8 nitrogen and oxygen atoms in total. The van der Waals surface area contributed by atoms with E-state index in [9.17, 15) is 10.1 Å². The van der Waals surface area contributed by atoms with Crippen LogP contribution in [0.2, 0.25) is 0 Å². The molecule has 0 amide bonds. The molecule has 0 radical (unpaired) electrons. The summed E-state index contributed by atoms with van der Waals surface area (Å²) in [4.78, 5) is 10.5. The van der Waals surface area contributed by atoms with Gasteiger partial charge in [0.2, 0.25) is 0 Å². The maximum Gasteiger partial charge on any atom is 0.292 e. The first kappa shape index (κ1) is 23.9. The summed E-state index contributed by atoms with van der Waals surface area (Å²) in [5, 5.41) is 17.1. The van der Waals surface area contributed by atoms with E-state index in [0.717, 1.165) is 17.1 Å². The molecular weight excluding hydrogens is 432 g/mol. The number of rotatable bonds is 7. The van der Waals surface area contributed by atoms with Gasteiger partial charge in [0.15, 0.2) is 0 Å². The van der Waals surface area contributed by atoms with Crippen LogP contribution in [0.15, 0.2) is 97.1 Å². The van der Waals surface area contributed by atoms with E-state index in [1.165, 1.54) is 6.07 Å². The summed E-state index contributed by atoms with van der Waals surface area (Å²) >= 11 is 0. The zero-order valence-electron chi connectivity index (χ0n) is 18.9. The highest BCUT2D eigenvalue weighted by Gasteiger charge is 2.13. The molecule has 4 aromatic rings. The summed E-state index contributed by atoms with van der Waals surface area (Å²) in [6.45, 7) is 0. The van der Waals surface area contributed by atoms with Crippen LogP contribution in [0, 0.1) is 10.1 Å². The van der Waals surface area contributed by atoms with Crippen LogP contribution in [-0.2, 0) is 0 Å². The molecule has 0 aliphatic rings. The van der Waals surface area contributed by atoms with Gasteiger partial charge in [0, 0.05) is 7.49 Å². The second kappa shape index (κ2) is 11.8. The maximum absolute atomic E-state index is 10.9. The van der Waals surface area contributed by atoms with Crippen molar-refractivity contribution in [3.8, 4) is 11.5 Å². The van der Waals surface area contributed by atoms with Crippen molar-refractivity contribution >= 4 is 34.1 Å². The third-order valence-electron chi connectivity index (χ3n) is 4.81. The van der Waals surface area contributed by atoms with Crippen molar-refractivity contribution in [2.24, 2.45) is 0 Å². The Hall–Kier alpha value is -4.72. The number of methoxy groups -OCH3 is 2. The van der Waals surface area contributed by atoms with Gasteiger partial charge >= 0.3 is 0 Å². The monoisotopic (exact) mass is 460 g/mol. The quantitative estimate of drug-likeness (QED) is 0.161. The van der Waals surface area contributed by atoms with Crippen LogP contribution in [0.4, 0.5) is 34.1 Å². The summed E-state index contributed by atoms with van der Waals surface area (Å²) in [6.07, 6.45) is 0. The van der Waals surface area contributed by atoms with Crippen LogP contribution < -0.4 is 25.8 Å². The fourth-order valence-corrected chi connectivity index (χ4v) is 3.14. The molecular formula is C26H28N4O4. The molecule has 0 aliphatic heterocycles. The molecule has 0 aliphatic carbocycles. The van der Waals surface area contributed by atoms with Gasteiger partial charge in [0.25, 0.3) is 5.69 Å². The van der Waals surface area contributed by atoms with Crippen molar-refractivity contribution in [3.63, 3.8) is 0 Å². The van der Waals surface area contributed by atoms with Gasteiger partial charge in [-0.25, -0.2) is 0 Å². The number of hydrogen-bond donors (Lipinski definition) is 3. The second-order valence-electron chi connectivity index (χ2n) is 7.01. The standard InChI is InChI=1S/C13H12N2O3.C13H14N2O.H2/c1-18-13-9-5-3-7-11(13)14-10-6-2-4-8-12(10)15(16)17;1-16-13-9-5-4-8-12(13)15-11-7-3-2-6-10(11)14;/h2-9,14H,1H3;2-9,15H,14H2,1H3;1H. The van der Waals surface area contributed by atoms with Crippen molar-refractivity contribution in [1.82, 2.24) is 0 Å². The fourth-order valence-electron chi connectivity index (χ4n) is 3.14. The Morgan fingerprint density at radius 2 is 1.09 bits per heavy atom. The third kappa shape index (κ3) is 6.17. The molecule has 176 valence electrons. The first-order chi connectivity index (χ1) is 16.5. The highest BCUT2D eigenvalue weighted by molar-refractivity contribution is 5.75. The number of ether oxygens (including phenoxy) is 2. The first-order valence-corrected chi connectivity index (χ1v) is 10.4. The second-order valence-corrected chi connectivity index (χ2v) is 7.01. The molecule has 0 heterocycles. The Kier molecular flexibility index (Phi) is 8.29. The summed E-state index contributed by atoms with van der Waals surface area (Å²) in [6, 6.07) is 29.1. The summed E-state index contributed by atoms with van der Waals surface area (Å²) in [5.41, 5.74) is 9.52. The topological polar surface area (TPSA) is 112 Å². The highest BCUT2D eigenvalue weighted by atomic mass is 16.6. The van der Waals surface area contributed by atoms with Gasteiger partial charge in [-0.05, 0) is 42.5 Å². The van der Waals surface area contributed by atoms with Crippen LogP contribution in [0.1, 0.15) is 1.43 Å². The predicted molar refractivity (Wildman–Crippen MR) is 139 cm³/mol. The lowest BCUT2D eigenvalue weighted by Gasteiger charge is -2.12. The van der Waals surface area contributed by atoms with E-state index in [1.807, 2.05) is 60.7 Å². The molecule has 0 saturated carbocycles. The predicted octanol–water partition coefficient (Wildman–Crippen LogP) is 6.61. The largest absolute Gasteiger partial charge is 0.495 e. The van der Waals surface area contributed by atoms with Gasteiger partial charge in [-0.1, -0.05) is 48.5 Å². The molecule has 0 unspecified atom stereocenters. The average Bonchev–Trinajstić information content (AvgIpc) is 2.87. The number of hydrogen-bond acceptors (Lipinski definition) is 7. The molecule has 4 N–H and O–H groups in total. The lowest BCUT2D eigenvalue weighted by atomic mass is 10.2. The Labute approximate surface area is 199 Å². The fraction of sp³-hybridized carbons (Fsp3) is 0.0769. The smallest absolute Gasteiger partial charge is 0.292 e. The van der Waals surface area contributed by atoms with Crippen LogP contribution in [0.25, 0.3) is 0 Å². The van der Waals surface area contributed by atoms with Gasteiger partial charge in [0.05, 0.1) is 41.9 Å². The lowest BCUT2D eigenvalue weighted by molar-refractivity contribution is -0.383. The highest BCUT2D eigenvalue weighted by Crippen LogP contribution is 2.32. The molecule has 4 aromatic carbocycles.